The minimum absolute atomic E-state index is 0.0528. The fourth-order valence-electron chi connectivity index (χ4n) is 4.79. The zero-order valence-electron chi connectivity index (χ0n) is 18.5. The fourth-order valence-corrected chi connectivity index (χ4v) is 4.79. The molecule has 1 aromatic carbocycles. The molecular formula is C24H31N5O2. The number of piperidine rings is 1. The van der Waals surface area contributed by atoms with E-state index >= 15 is 0 Å². The number of aromatic nitrogens is 2. The molecule has 0 atom stereocenters. The SMILES string of the molecule is CC/C(=C(\c1ccccc1)N1CCCC1)c1nc(C)nc(N2CCCCC2)c1[N+](=O)[O-]. The monoisotopic (exact) mass is 421 g/mol. The molecule has 2 aliphatic heterocycles. The van der Waals surface area contributed by atoms with Crippen LogP contribution in [0.3, 0.4) is 0 Å². The van der Waals surface area contributed by atoms with Crippen LogP contribution in [0.5, 0.6) is 0 Å². The Hall–Kier alpha value is -2.96. The molecule has 7 nitrogen and oxygen atoms in total. The van der Waals surface area contributed by atoms with E-state index < -0.39 is 0 Å². The van der Waals surface area contributed by atoms with Crippen LogP contribution in [0.2, 0.25) is 0 Å². The summed E-state index contributed by atoms with van der Waals surface area (Å²) in [6.45, 7) is 7.44. The molecule has 0 N–H and O–H groups in total. The Kier molecular flexibility index (Phi) is 6.49. The second-order valence-corrected chi connectivity index (χ2v) is 8.34. The number of anilines is 1. The zero-order valence-corrected chi connectivity index (χ0v) is 18.5. The largest absolute Gasteiger partial charge is 0.371 e. The molecule has 0 aliphatic carbocycles. The third kappa shape index (κ3) is 4.40. The number of hydrogen-bond donors (Lipinski definition) is 0. The predicted octanol–water partition coefficient (Wildman–Crippen LogP) is 5.06. The standard InChI is InChI=1S/C24H31N5O2/c1-3-20(22(27-14-10-11-15-27)19-12-6-4-7-13-19)21-23(29(30)31)24(26-18(2)25-21)28-16-8-5-9-17-28/h4,6-7,12-13H,3,5,8-11,14-17H2,1-2H3/b22-20-. The highest BCUT2D eigenvalue weighted by molar-refractivity contribution is 5.92. The number of allylic oxidation sites excluding steroid dienone is 1. The number of benzene rings is 1. The molecule has 0 saturated carbocycles. The van der Waals surface area contributed by atoms with Crippen LogP contribution in [0.25, 0.3) is 11.3 Å². The summed E-state index contributed by atoms with van der Waals surface area (Å²) in [5.41, 5.74) is 3.63. The molecule has 2 aromatic rings. The number of likely N-dealkylation sites (tertiary alicyclic amines) is 1. The zero-order chi connectivity index (χ0) is 21.8. The minimum Gasteiger partial charge on any atom is -0.371 e. The van der Waals surface area contributed by atoms with E-state index in [9.17, 15) is 10.1 Å². The molecule has 0 amide bonds. The van der Waals surface area contributed by atoms with Gasteiger partial charge < -0.3 is 9.80 Å². The van der Waals surface area contributed by atoms with Gasteiger partial charge in [0.05, 0.1) is 4.92 Å². The van der Waals surface area contributed by atoms with E-state index in [1.165, 1.54) is 0 Å². The molecule has 2 aliphatic rings. The van der Waals surface area contributed by atoms with Crippen molar-refractivity contribution in [1.82, 2.24) is 14.9 Å². The maximum absolute atomic E-state index is 12.4. The summed E-state index contributed by atoms with van der Waals surface area (Å²) in [6.07, 6.45) is 6.17. The summed E-state index contributed by atoms with van der Waals surface area (Å²) in [6, 6.07) is 10.2. The summed E-state index contributed by atoms with van der Waals surface area (Å²) in [5.74, 6) is 1.06. The van der Waals surface area contributed by atoms with E-state index in [4.69, 9.17) is 0 Å². The first-order valence-corrected chi connectivity index (χ1v) is 11.4. The van der Waals surface area contributed by atoms with Crippen molar-refractivity contribution in [2.75, 3.05) is 31.1 Å². The highest BCUT2D eigenvalue weighted by Crippen LogP contribution is 2.40. The maximum atomic E-state index is 12.4. The summed E-state index contributed by atoms with van der Waals surface area (Å²) in [4.78, 5) is 25.8. The van der Waals surface area contributed by atoms with Gasteiger partial charge in [-0.1, -0.05) is 37.3 Å². The molecule has 0 bridgehead atoms. The third-order valence-electron chi connectivity index (χ3n) is 6.21. The van der Waals surface area contributed by atoms with Crippen molar-refractivity contribution < 1.29 is 4.92 Å². The normalized spacial score (nSPS) is 17.6. The number of hydrogen-bond acceptors (Lipinski definition) is 6. The van der Waals surface area contributed by atoms with Crippen molar-refractivity contribution in [2.45, 2.75) is 52.4 Å². The van der Waals surface area contributed by atoms with Crippen molar-refractivity contribution in [2.24, 2.45) is 0 Å². The lowest BCUT2D eigenvalue weighted by atomic mass is 9.98. The van der Waals surface area contributed by atoms with E-state index in [1.54, 1.807) is 0 Å². The van der Waals surface area contributed by atoms with Crippen molar-refractivity contribution in [3.05, 3.63) is 57.5 Å². The lowest BCUT2D eigenvalue weighted by Gasteiger charge is -2.29. The minimum atomic E-state index is -0.277. The topological polar surface area (TPSA) is 75.4 Å². The molecule has 1 aromatic heterocycles. The molecule has 0 unspecified atom stereocenters. The molecule has 2 saturated heterocycles. The van der Waals surface area contributed by atoms with Gasteiger partial charge in [0.15, 0.2) is 5.69 Å². The molecule has 2 fully saturated rings. The quantitative estimate of drug-likeness (QED) is 0.479. The van der Waals surface area contributed by atoms with Gasteiger partial charge >= 0.3 is 5.69 Å². The second kappa shape index (κ2) is 9.45. The summed E-state index contributed by atoms with van der Waals surface area (Å²) < 4.78 is 0. The molecular weight excluding hydrogens is 390 g/mol. The van der Waals surface area contributed by atoms with Crippen molar-refractivity contribution in [1.29, 1.82) is 0 Å². The average Bonchev–Trinajstić information content (AvgIpc) is 3.32. The van der Waals surface area contributed by atoms with Gasteiger partial charge in [0.25, 0.3) is 0 Å². The smallest absolute Gasteiger partial charge is 0.337 e. The van der Waals surface area contributed by atoms with Crippen molar-refractivity contribution >= 4 is 22.8 Å². The van der Waals surface area contributed by atoms with Crippen LogP contribution >= 0.6 is 0 Å². The lowest BCUT2D eigenvalue weighted by molar-refractivity contribution is -0.384. The van der Waals surface area contributed by atoms with Crippen LogP contribution in [-0.2, 0) is 0 Å². The highest BCUT2D eigenvalue weighted by Gasteiger charge is 2.32. The fraction of sp³-hybridized carbons (Fsp3) is 0.500. The Morgan fingerprint density at radius 3 is 2.26 bits per heavy atom. The molecule has 7 heteroatoms. The number of aryl methyl sites for hydroxylation is 1. The Balaban J connectivity index is 1.96. The van der Waals surface area contributed by atoms with Gasteiger partial charge in [0, 0.05) is 37.4 Å². The molecule has 164 valence electrons. The molecule has 4 rings (SSSR count). The van der Waals surface area contributed by atoms with Crippen LogP contribution in [0.1, 0.15) is 62.5 Å². The van der Waals surface area contributed by atoms with E-state index in [2.05, 4.69) is 38.8 Å². The van der Waals surface area contributed by atoms with Crippen LogP contribution in [0.15, 0.2) is 30.3 Å². The van der Waals surface area contributed by atoms with Crippen LogP contribution in [-0.4, -0.2) is 46.0 Å². The van der Waals surface area contributed by atoms with Crippen LogP contribution < -0.4 is 4.90 Å². The third-order valence-corrected chi connectivity index (χ3v) is 6.21. The lowest BCUT2D eigenvalue weighted by Crippen LogP contribution is -2.31. The van der Waals surface area contributed by atoms with Crippen molar-refractivity contribution in [3.8, 4) is 0 Å². The van der Waals surface area contributed by atoms with Crippen molar-refractivity contribution in [3.63, 3.8) is 0 Å². The Bertz CT molecular complexity index is 961. The Morgan fingerprint density at radius 2 is 1.65 bits per heavy atom. The summed E-state index contributed by atoms with van der Waals surface area (Å²) in [5, 5.41) is 12.4. The van der Waals surface area contributed by atoms with Gasteiger partial charge in [0.2, 0.25) is 5.82 Å². The van der Waals surface area contributed by atoms with Gasteiger partial charge in [-0.25, -0.2) is 9.97 Å². The molecule has 3 heterocycles. The van der Waals surface area contributed by atoms with Crippen LogP contribution in [0.4, 0.5) is 11.5 Å². The predicted molar refractivity (Wildman–Crippen MR) is 124 cm³/mol. The Labute approximate surface area is 184 Å². The highest BCUT2D eigenvalue weighted by atomic mass is 16.6. The Morgan fingerprint density at radius 1 is 1.00 bits per heavy atom. The number of nitrogens with zero attached hydrogens (tertiary/aromatic N) is 5. The van der Waals surface area contributed by atoms with E-state index in [0.29, 0.717) is 23.8 Å². The van der Waals surface area contributed by atoms with Gasteiger partial charge in [-0.2, -0.15) is 0 Å². The van der Waals surface area contributed by atoms with Gasteiger partial charge in [-0.3, -0.25) is 10.1 Å². The van der Waals surface area contributed by atoms with E-state index in [-0.39, 0.29) is 10.6 Å². The maximum Gasteiger partial charge on any atom is 0.337 e. The average molecular weight is 422 g/mol. The summed E-state index contributed by atoms with van der Waals surface area (Å²) >= 11 is 0. The number of rotatable bonds is 6. The number of nitro groups is 1. The second-order valence-electron chi connectivity index (χ2n) is 8.34. The first-order chi connectivity index (χ1) is 15.1. The van der Waals surface area contributed by atoms with Gasteiger partial charge in [-0.15, -0.1) is 0 Å². The molecule has 31 heavy (non-hydrogen) atoms. The molecule has 0 spiro atoms. The molecule has 0 radical (unpaired) electrons. The summed E-state index contributed by atoms with van der Waals surface area (Å²) in [7, 11) is 0. The van der Waals surface area contributed by atoms with Crippen LogP contribution in [0, 0.1) is 17.0 Å². The van der Waals surface area contributed by atoms with E-state index in [1.807, 2.05) is 25.1 Å². The van der Waals surface area contributed by atoms with Gasteiger partial charge in [-0.05, 0) is 51.0 Å². The van der Waals surface area contributed by atoms with E-state index in [0.717, 1.165) is 75.1 Å². The first kappa shape index (κ1) is 21.3. The first-order valence-electron chi connectivity index (χ1n) is 11.4. The van der Waals surface area contributed by atoms with Gasteiger partial charge in [0.1, 0.15) is 5.82 Å².